The number of nitrogens with zero attached hydrogens (tertiary/aromatic N) is 1. The molecule has 0 radical (unpaired) electrons. The van der Waals surface area contributed by atoms with E-state index < -0.39 is 0 Å². The van der Waals surface area contributed by atoms with Crippen LogP contribution in [0.1, 0.15) is 285 Å². The minimum absolute atomic E-state index is 0.0290. The lowest BCUT2D eigenvalue weighted by atomic mass is 9.95. The van der Waals surface area contributed by atoms with Crippen LogP contribution in [0.3, 0.4) is 0 Å². The van der Waals surface area contributed by atoms with Crippen LogP contribution < -0.4 is 5.32 Å². The van der Waals surface area contributed by atoms with Crippen molar-refractivity contribution in [3.05, 3.63) is 0 Å². The van der Waals surface area contributed by atoms with Gasteiger partial charge in [0, 0.05) is 25.8 Å². The Kier molecular flexibility index (Phi) is 47.5. The molecule has 1 amide bonds. The number of unbranched alkanes of at least 4 members (excludes halogenated alkanes) is 24. The number of rotatable bonds is 50. The molecular weight excluding hydrogens is 769 g/mol. The number of ether oxygens (including phenoxy) is 2. The summed E-state index contributed by atoms with van der Waals surface area (Å²) < 4.78 is 11.7. The molecular formula is C55H108N2O5. The molecule has 62 heavy (non-hydrogen) atoms. The van der Waals surface area contributed by atoms with Gasteiger partial charge in [0.1, 0.15) is 0 Å². The second kappa shape index (κ2) is 48.8. The van der Waals surface area contributed by atoms with Crippen LogP contribution in [-0.4, -0.2) is 62.1 Å². The third-order valence-corrected chi connectivity index (χ3v) is 13.0. The Balaban J connectivity index is 4.77. The Hall–Kier alpha value is -1.63. The quantitative estimate of drug-likeness (QED) is 0.0484. The van der Waals surface area contributed by atoms with Gasteiger partial charge in [-0.1, -0.05) is 202 Å². The lowest BCUT2D eigenvalue weighted by molar-refractivity contribution is -0.146. The second-order valence-electron chi connectivity index (χ2n) is 19.2. The normalized spacial score (nSPS) is 12.5. The van der Waals surface area contributed by atoms with Crippen molar-refractivity contribution in [3.63, 3.8) is 0 Å². The molecule has 0 saturated heterocycles. The number of hydrogen-bond acceptors (Lipinski definition) is 6. The summed E-state index contributed by atoms with van der Waals surface area (Å²) in [4.78, 5) is 40.6. The van der Waals surface area contributed by atoms with Crippen LogP contribution in [0.15, 0.2) is 0 Å². The molecule has 0 rings (SSSR count). The fourth-order valence-electron chi connectivity index (χ4n) is 8.74. The fourth-order valence-corrected chi connectivity index (χ4v) is 8.74. The van der Waals surface area contributed by atoms with Crippen LogP contribution in [0.5, 0.6) is 0 Å². The monoisotopic (exact) mass is 877 g/mol. The van der Waals surface area contributed by atoms with Crippen LogP contribution in [-0.2, 0) is 23.9 Å². The summed E-state index contributed by atoms with van der Waals surface area (Å²) in [6, 6.07) is 0. The molecule has 0 bridgehead atoms. The van der Waals surface area contributed by atoms with Gasteiger partial charge in [0.2, 0.25) is 5.91 Å². The maximum absolute atomic E-state index is 12.8. The molecule has 0 aromatic heterocycles. The van der Waals surface area contributed by atoms with E-state index in [2.05, 4.69) is 44.8 Å². The number of nitrogens with one attached hydrogen (secondary N) is 1. The Morgan fingerprint density at radius 3 is 1.13 bits per heavy atom. The number of carbonyl (C=O) groups is 3. The number of esters is 2. The average molecular weight is 877 g/mol. The van der Waals surface area contributed by atoms with Crippen molar-refractivity contribution in [1.29, 1.82) is 0 Å². The zero-order valence-corrected chi connectivity index (χ0v) is 42.5. The van der Waals surface area contributed by atoms with E-state index in [-0.39, 0.29) is 17.8 Å². The van der Waals surface area contributed by atoms with E-state index in [0.717, 1.165) is 77.5 Å². The number of hydrogen-bond donors (Lipinski definition) is 1. The van der Waals surface area contributed by atoms with Gasteiger partial charge >= 0.3 is 11.9 Å². The minimum atomic E-state index is -0.0314. The molecule has 7 heteroatoms. The highest BCUT2D eigenvalue weighted by molar-refractivity contribution is 5.75. The SMILES string of the molecule is CCCCCCCCNC(=O)CCCN(CCCCCC(=O)OCC(CCCCC)CCCCCCCC)CCCCCC(=O)OCC(CCCCCC)CCCCCCCC. The van der Waals surface area contributed by atoms with Crippen LogP contribution in [0, 0.1) is 11.8 Å². The van der Waals surface area contributed by atoms with Crippen LogP contribution in [0.2, 0.25) is 0 Å². The first-order valence-corrected chi connectivity index (χ1v) is 27.7. The highest BCUT2D eigenvalue weighted by Crippen LogP contribution is 2.21. The standard InChI is InChI=1S/C55H108N2O5/c1-6-11-16-20-23-30-40-51(38-28-15-10-5)49-61-54(59)43-32-26-35-46-57(48-37-42-53(58)56-45-34-25-22-18-13-8-3)47-36-27-33-44-55(60)62-50-52(39-29-19-14-9-4)41-31-24-21-17-12-7-2/h51-52H,6-50H2,1-5H3,(H,56,58). The lowest BCUT2D eigenvalue weighted by Gasteiger charge is -2.22. The average Bonchev–Trinajstić information content (AvgIpc) is 3.27. The van der Waals surface area contributed by atoms with Crippen molar-refractivity contribution in [2.75, 3.05) is 39.4 Å². The molecule has 0 aliphatic rings. The van der Waals surface area contributed by atoms with Crippen molar-refractivity contribution in [2.24, 2.45) is 11.8 Å². The summed E-state index contributed by atoms with van der Waals surface area (Å²) >= 11 is 0. The van der Waals surface area contributed by atoms with E-state index in [9.17, 15) is 14.4 Å². The zero-order chi connectivity index (χ0) is 45.4. The predicted octanol–water partition coefficient (Wildman–Crippen LogP) is 16.0. The molecule has 0 fully saturated rings. The molecule has 7 nitrogen and oxygen atoms in total. The van der Waals surface area contributed by atoms with Gasteiger partial charge in [0.05, 0.1) is 13.2 Å². The van der Waals surface area contributed by atoms with E-state index >= 15 is 0 Å². The maximum atomic E-state index is 12.8. The summed E-state index contributed by atoms with van der Waals surface area (Å²) in [6.07, 6.45) is 44.9. The van der Waals surface area contributed by atoms with Crippen LogP contribution in [0.4, 0.5) is 0 Å². The van der Waals surface area contributed by atoms with Crippen molar-refractivity contribution in [1.82, 2.24) is 10.2 Å². The van der Waals surface area contributed by atoms with Gasteiger partial charge in [-0.3, -0.25) is 14.4 Å². The van der Waals surface area contributed by atoms with Gasteiger partial charge in [-0.15, -0.1) is 0 Å². The van der Waals surface area contributed by atoms with Gasteiger partial charge in [-0.05, 0) is 95.7 Å². The van der Waals surface area contributed by atoms with Crippen LogP contribution >= 0.6 is 0 Å². The first-order valence-electron chi connectivity index (χ1n) is 27.7. The number of amides is 1. The summed E-state index contributed by atoms with van der Waals surface area (Å²) in [6.45, 7) is 16.1. The van der Waals surface area contributed by atoms with E-state index in [1.54, 1.807) is 0 Å². The largest absolute Gasteiger partial charge is 0.465 e. The Morgan fingerprint density at radius 2 is 0.694 bits per heavy atom. The smallest absolute Gasteiger partial charge is 0.305 e. The van der Waals surface area contributed by atoms with Crippen molar-refractivity contribution >= 4 is 17.8 Å². The summed E-state index contributed by atoms with van der Waals surface area (Å²) in [5.74, 6) is 1.12. The highest BCUT2D eigenvalue weighted by Gasteiger charge is 2.15. The molecule has 0 aromatic rings. The molecule has 2 atom stereocenters. The Labute approximate surface area is 386 Å². The first-order chi connectivity index (χ1) is 30.4. The molecule has 0 aliphatic carbocycles. The fraction of sp³-hybridized carbons (Fsp3) is 0.945. The van der Waals surface area contributed by atoms with Gasteiger partial charge in [-0.2, -0.15) is 0 Å². The topological polar surface area (TPSA) is 84.9 Å². The van der Waals surface area contributed by atoms with Gasteiger partial charge in [0.15, 0.2) is 0 Å². The van der Waals surface area contributed by atoms with Crippen molar-refractivity contribution < 1.29 is 23.9 Å². The summed E-state index contributed by atoms with van der Waals surface area (Å²) in [5.41, 5.74) is 0. The third kappa shape index (κ3) is 43.6. The van der Waals surface area contributed by atoms with E-state index in [1.165, 1.54) is 180 Å². The van der Waals surface area contributed by atoms with Gasteiger partial charge < -0.3 is 19.7 Å². The summed E-state index contributed by atoms with van der Waals surface area (Å²) in [7, 11) is 0. The second-order valence-corrected chi connectivity index (χ2v) is 19.2. The third-order valence-electron chi connectivity index (χ3n) is 13.0. The van der Waals surface area contributed by atoms with Crippen LogP contribution in [0.25, 0.3) is 0 Å². The highest BCUT2D eigenvalue weighted by atomic mass is 16.5. The van der Waals surface area contributed by atoms with Gasteiger partial charge in [0.25, 0.3) is 0 Å². The van der Waals surface area contributed by atoms with Crippen molar-refractivity contribution in [3.8, 4) is 0 Å². The molecule has 0 aromatic carbocycles. The molecule has 368 valence electrons. The molecule has 0 aliphatic heterocycles. The predicted molar refractivity (Wildman–Crippen MR) is 267 cm³/mol. The molecule has 1 N–H and O–H groups in total. The Bertz CT molecular complexity index is 960. The molecule has 0 heterocycles. The number of carbonyl (C=O) groups excluding carboxylic acids is 3. The summed E-state index contributed by atoms with van der Waals surface area (Å²) in [5, 5.41) is 3.14. The lowest BCUT2D eigenvalue weighted by Crippen LogP contribution is -2.29. The molecule has 2 unspecified atom stereocenters. The molecule has 0 saturated carbocycles. The zero-order valence-electron chi connectivity index (χ0n) is 42.5. The molecule has 0 spiro atoms. The van der Waals surface area contributed by atoms with E-state index in [0.29, 0.717) is 44.3 Å². The first kappa shape index (κ1) is 60.4. The van der Waals surface area contributed by atoms with E-state index in [1.807, 2.05) is 0 Å². The van der Waals surface area contributed by atoms with Crippen molar-refractivity contribution in [2.45, 2.75) is 285 Å². The Morgan fingerprint density at radius 1 is 0.371 bits per heavy atom. The maximum Gasteiger partial charge on any atom is 0.305 e. The van der Waals surface area contributed by atoms with Gasteiger partial charge in [-0.25, -0.2) is 0 Å². The van der Waals surface area contributed by atoms with E-state index in [4.69, 9.17) is 9.47 Å². The minimum Gasteiger partial charge on any atom is -0.465 e.